The fraction of sp³-hybridized carbons (Fsp3) is 0.200. The Morgan fingerprint density at radius 3 is 2.49 bits per heavy atom. The predicted octanol–water partition coefficient (Wildman–Crippen LogP) is 5.13. The van der Waals surface area contributed by atoms with Gasteiger partial charge in [0.1, 0.15) is 11.6 Å². The Morgan fingerprint density at radius 1 is 1.05 bits per heavy atom. The first-order valence-electron chi connectivity index (χ1n) is 11.5. The lowest BCUT2D eigenvalue weighted by Crippen LogP contribution is -2.32. The maximum Gasteiger partial charge on any atom is 0.417 e. The van der Waals surface area contributed by atoms with Crippen molar-refractivity contribution in [3.63, 3.8) is 0 Å². The van der Waals surface area contributed by atoms with Gasteiger partial charge in [-0.2, -0.15) is 18.3 Å². The van der Waals surface area contributed by atoms with Crippen LogP contribution in [0.15, 0.2) is 42.7 Å². The third-order valence-electron chi connectivity index (χ3n) is 6.23. The summed E-state index contributed by atoms with van der Waals surface area (Å²) >= 11 is 0. The van der Waals surface area contributed by atoms with E-state index in [2.05, 4.69) is 15.1 Å². The second kappa shape index (κ2) is 9.60. The van der Waals surface area contributed by atoms with Crippen LogP contribution in [0.1, 0.15) is 22.4 Å². The predicted molar refractivity (Wildman–Crippen MR) is 129 cm³/mol. The first kappa shape index (κ1) is 26.0. The van der Waals surface area contributed by atoms with Gasteiger partial charge < -0.3 is 16.0 Å². The van der Waals surface area contributed by atoms with Crippen molar-refractivity contribution < 1.29 is 31.1 Å². The first-order chi connectivity index (χ1) is 18.4. The van der Waals surface area contributed by atoms with Gasteiger partial charge in [-0.25, -0.2) is 32.6 Å². The molecule has 5 rings (SSSR count). The Morgan fingerprint density at radius 2 is 1.82 bits per heavy atom. The summed E-state index contributed by atoms with van der Waals surface area (Å²) in [4.78, 5) is 20.6. The molecule has 0 fully saturated rings. The molecule has 0 aliphatic carbocycles. The molecule has 0 atom stereocenters. The molecular formula is C25H19F6N7O. The molecular weight excluding hydrogens is 528 g/mol. The molecule has 0 saturated carbocycles. The zero-order valence-corrected chi connectivity index (χ0v) is 20.2. The van der Waals surface area contributed by atoms with E-state index in [0.717, 1.165) is 12.1 Å². The largest absolute Gasteiger partial charge is 0.417 e. The van der Waals surface area contributed by atoms with Crippen molar-refractivity contribution in [2.24, 2.45) is 5.73 Å². The number of benzene rings is 1. The highest BCUT2D eigenvalue weighted by Crippen LogP contribution is 2.38. The van der Waals surface area contributed by atoms with Crippen LogP contribution >= 0.6 is 0 Å². The molecule has 1 aliphatic rings. The van der Waals surface area contributed by atoms with Crippen LogP contribution in [-0.4, -0.2) is 32.3 Å². The molecule has 3 N–H and O–H groups in total. The number of nitrogens with one attached hydrogen (secondary N) is 1. The SMILES string of the molecule is Cc1cccnc1-n1nc2c(c1-c1cc(F)c(NC(N)=O)cc1F)CN(c1ncc(C(F)(F)F)cc1F)CC2. The third kappa shape index (κ3) is 4.84. The highest BCUT2D eigenvalue weighted by Gasteiger charge is 2.34. The van der Waals surface area contributed by atoms with Gasteiger partial charge in [0.05, 0.1) is 22.6 Å². The van der Waals surface area contributed by atoms with Crippen LogP contribution in [0.4, 0.5) is 42.6 Å². The Labute approximate surface area is 217 Å². The van der Waals surface area contributed by atoms with Crippen LogP contribution < -0.4 is 16.0 Å². The third-order valence-corrected chi connectivity index (χ3v) is 6.23. The monoisotopic (exact) mass is 547 g/mol. The first-order valence-corrected chi connectivity index (χ1v) is 11.5. The topological polar surface area (TPSA) is 102 Å². The number of alkyl halides is 3. The number of primary amides is 1. The summed E-state index contributed by atoms with van der Waals surface area (Å²) in [7, 11) is 0. The highest BCUT2D eigenvalue weighted by molar-refractivity contribution is 5.88. The number of urea groups is 1. The van der Waals surface area contributed by atoms with Crippen molar-refractivity contribution in [3.8, 4) is 17.1 Å². The van der Waals surface area contributed by atoms with Gasteiger partial charge >= 0.3 is 12.2 Å². The minimum atomic E-state index is -4.77. The standard InChI is InChI=1S/C25H19F6N7O/c1-12-3-2-5-33-22(12)38-21(14-8-17(27)20(9-16(14)26)35-24(32)39)15-11-37(6-4-19(15)36-38)23-18(28)7-13(10-34-23)25(29,30)31/h2-3,5,7-10H,4,6,11H2,1H3,(H3,32,35,39). The fourth-order valence-corrected chi connectivity index (χ4v) is 4.46. The Hall–Kier alpha value is -4.62. The maximum absolute atomic E-state index is 15.4. The Bertz CT molecular complexity index is 1600. The summed E-state index contributed by atoms with van der Waals surface area (Å²) in [5, 5.41) is 6.59. The van der Waals surface area contributed by atoms with E-state index < -0.39 is 40.9 Å². The van der Waals surface area contributed by atoms with E-state index in [4.69, 9.17) is 5.73 Å². The zero-order valence-electron chi connectivity index (χ0n) is 20.2. The molecule has 0 bridgehead atoms. The molecule has 39 heavy (non-hydrogen) atoms. The normalized spacial score (nSPS) is 13.4. The molecule has 3 aromatic heterocycles. The van der Waals surface area contributed by atoms with Gasteiger partial charge in [-0.3, -0.25) is 0 Å². The number of carbonyl (C=O) groups excluding carboxylic acids is 1. The molecule has 1 aromatic carbocycles. The molecule has 1 aliphatic heterocycles. The fourth-order valence-electron chi connectivity index (χ4n) is 4.46. The van der Waals surface area contributed by atoms with Gasteiger partial charge in [-0.05, 0) is 30.7 Å². The van der Waals surface area contributed by atoms with Crippen molar-refractivity contribution in [2.45, 2.75) is 26.1 Å². The van der Waals surface area contributed by atoms with Crippen LogP contribution in [-0.2, 0) is 19.1 Å². The number of hydrogen-bond acceptors (Lipinski definition) is 5. The number of amides is 2. The van der Waals surface area contributed by atoms with E-state index in [-0.39, 0.29) is 36.6 Å². The molecule has 202 valence electrons. The van der Waals surface area contributed by atoms with E-state index in [0.29, 0.717) is 34.9 Å². The van der Waals surface area contributed by atoms with Crippen molar-refractivity contribution in [1.29, 1.82) is 0 Å². The summed E-state index contributed by atoms with van der Waals surface area (Å²) in [6.45, 7) is 1.78. The molecule has 8 nitrogen and oxygen atoms in total. The van der Waals surface area contributed by atoms with Crippen LogP contribution in [0.25, 0.3) is 17.1 Å². The van der Waals surface area contributed by atoms with E-state index in [1.54, 1.807) is 19.1 Å². The molecule has 4 aromatic rings. The smallest absolute Gasteiger partial charge is 0.351 e. The second-order valence-electron chi connectivity index (χ2n) is 8.83. The Balaban J connectivity index is 1.65. The maximum atomic E-state index is 15.4. The minimum Gasteiger partial charge on any atom is -0.351 e. The number of nitrogens with two attached hydrogens (primary N) is 1. The molecule has 14 heteroatoms. The van der Waals surface area contributed by atoms with Crippen LogP contribution in [0.5, 0.6) is 0 Å². The number of aryl methyl sites for hydroxylation is 1. The van der Waals surface area contributed by atoms with Crippen molar-refractivity contribution in [2.75, 3.05) is 16.8 Å². The Kier molecular flexibility index (Phi) is 6.40. The number of aromatic nitrogens is 4. The number of fused-ring (bicyclic) bond motifs is 1. The quantitative estimate of drug-likeness (QED) is 0.345. The number of anilines is 2. The molecule has 4 heterocycles. The number of hydrogen-bond donors (Lipinski definition) is 2. The van der Waals surface area contributed by atoms with Gasteiger partial charge in [-0.15, -0.1) is 0 Å². The number of halogens is 6. The summed E-state index contributed by atoms with van der Waals surface area (Å²) < 4.78 is 85.5. The van der Waals surface area contributed by atoms with E-state index in [1.807, 2.05) is 5.32 Å². The van der Waals surface area contributed by atoms with Gasteiger partial charge in [0.2, 0.25) is 0 Å². The van der Waals surface area contributed by atoms with E-state index in [9.17, 15) is 26.7 Å². The lowest BCUT2D eigenvalue weighted by molar-refractivity contribution is -0.138. The second-order valence-corrected chi connectivity index (χ2v) is 8.83. The molecule has 0 radical (unpaired) electrons. The molecule has 0 spiro atoms. The number of rotatable bonds is 4. The van der Waals surface area contributed by atoms with Gasteiger partial charge in [0.25, 0.3) is 0 Å². The van der Waals surface area contributed by atoms with E-state index in [1.165, 1.54) is 15.8 Å². The van der Waals surface area contributed by atoms with Gasteiger partial charge in [-0.1, -0.05) is 6.07 Å². The lowest BCUT2D eigenvalue weighted by atomic mass is 9.99. The highest BCUT2D eigenvalue weighted by atomic mass is 19.4. The summed E-state index contributed by atoms with van der Waals surface area (Å²) in [6.07, 6.45) is -2.53. The average Bonchev–Trinajstić information content (AvgIpc) is 3.23. The van der Waals surface area contributed by atoms with Gasteiger partial charge in [0, 0.05) is 49.1 Å². The van der Waals surface area contributed by atoms with Crippen molar-refractivity contribution in [3.05, 3.63) is 82.6 Å². The van der Waals surface area contributed by atoms with E-state index >= 15 is 4.39 Å². The van der Waals surface area contributed by atoms with Crippen LogP contribution in [0, 0.1) is 24.4 Å². The zero-order chi connectivity index (χ0) is 28.1. The van der Waals surface area contributed by atoms with Crippen molar-refractivity contribution in [1.82, 2.24) is 19.7 Å². The summed E-state index contributed by atoms with van der Waals surface area (Å²) in [5.74, 6) is -3.08. The minimum absolute atomic E-state index is 0.103. The van der Waals surface area contributed by atoms with Crippen LogP contribution in [0.3, 0.4) is 0 Å². The number of carbonyl (C=O) groups is 1. The summed E-state index contributed by atoms with van der Waals surface area (Å²) in [5.41, 5.74) is 4.72. The summed E-state index contributed by atoms with van der Waals surface area (Å²) in [6, 6.07) is 4.34. The molecule has 0 unspecified atom stereocenters. The number of nitrogens with zero attached hydrogens (tertiary/aromatic N) is 5. The average molecular weight is 547 g/mol. The van der Waals surface area contributed by atoms with Gasteiger partial charge in [0.15, 0.2) is 17.5 Å². The lowest BCUT2D eigenvalue weighted by Gasteiger charge is -2.28. The number of pyridine rings is 2. The van der Waals surface area contributed by atoms with Crippen molar-refractivity contribution >= 4 is 17.5 Å². The van der Waals surface area contributed by atoms with Crippen LogP contribution in [0.2, 0.25) is 0 Å². The molecule has 2 amide bonds. The molecule has 0 saturated heterocycles.